The molecule has 1 aromatic carbocycles. The number of hydrogen-bond acceptors (Lipinski definition) is 3. The number of hydrogen-bond donors (Lipinski definition) is 1. The number of pyridine rings is 1. The monoisotopic (exact) mass is 562 g/mol. The summed E-state index contributed by atoms with van der Waals surface area (Å²) in [4.78, 5) is 15.0. The minimum Gasteiger partial charge on any atom is -0.327 e. The number of aryl methyl sites for hydroxylation is 1. The number of aromatic amines is 1. The maximum absolute atomic E-state index is 14.0. The average Bonchev–Trinajstić information content (AvgIpc) is 3.18. The molecule has 0 saturated carbocycles. The van der Waals surface area contributed by atoms with Crippen LogP contribution >= 0.6 is 22.6 Å². The highest BCUT2D eigenvalue weighted by molar-refractivity contribution is 14.1. The fraction of sp³-hybridized carbons (Fsp3) is 0.320. The van der Waals surface area contributed by atoms with Crippen molar-refractivity contribution in [3.05, 3.63) is 93.6 Å². The van der Waals surface area contributed by atoms with E-state index in [4.69, 9.17) is 0 Å². The zero-order valence-corrected chi connectivity index (χ0v) is 21.8. The van der Waals surface area contributed by atoms with Gasteiger partial charge in [-0.05, 0) is 49.6 Å². The van der Waals surface area contributed by atoms with Crippen molar-refractivity contribution >= 4 is 43.5 Å². The van der Waals surface area contributed by atoms with Crippen LogP contribution < -0.4 is 5.56 Å². The maximum Gasteiger partial charge on any atom is 0.273 e. The molecule has 168 valence electrons. The summed E-state index contributed by atoms with van der Waals surface area (Å²) in [7, 11) is -3.93. The predicted molar refractivity (Wildman–Crippen MR) is 139 cm³/mol. The van der Waals surface area contributed by atoms with E-state index in [0.29, 0.717) is 5.39 Å². The topological polar surface area (TPSA) is 71.9 Å². The van der Waals surface area contributed by atoms with Crippen LogP contribution in [0.15, 0.2) is 76.9 Å². The number of alkyl halides is 1. The molecular weight excluding hydrogens is 535 g/mol. The number of rotatable bonds is 4. The number of H-pyrrole nitrogens is 1. The Morgan fingerprint density at radius 2 is 1.75 bits per heavy atom. The number of allylic oxidation sites excluding steroid dienone is 3. The number of benzene rings is 1. The summed E-state index contributed by atoms with van der Waals surface area (Å²) < 4.78 is 27.5. The summed E-state index contributed by atoms with van der Waals surface area (Å²) in [5.74, 6) is 0. The first-order valence-corrected chi connectivity index (χ1v) is 13.2. The lowest BCUT2D eigenvalue weighted by Crippen LogP contribution is -2.49. The first-order chi connectivity index (χ1) is 14.9. The molecule has 0 fully saturated rings. The van der Waals surface area contributed by atoms with Crippen molar-refractivity contribution in [2.75, 3.05) is 0 Å². The molecule has 1 N–H and O–H groups in total. The molecule has 1 aliphatic carbocycles. The van der Waals surface area contributed by atoms with Gasteiger partial charge in [0.2, 0.25) is 10.0 Å². The largest absolute Gasteiger partial charge is 0.327 e. The Labute approximate surface area is 202 Å². The third kappa shape index (κ3) is 3.32. The minimum atomic E-state index is -3.93. The van der Waals surface area contributed by atoms with Gasteiger partial charge in [0, 0.05) is 23.2 Å². The summed E-state index contributed by atoms with van der Waals surface area (Å²) in [5, 5.41) is 0.597. The summed E-state index contributed by atoms with van der Waals surface area (Å²) >= 11 is 2.22. The fourth-order valence-corrected chi connectivity index (χ4v) is 8.02. The number of fused-ring (bicyclic) bond motifs is 1. The highest BCUT2D eigenvalue weighted by atomic mass is 127. The Hall–Kier alpha value is -2.13. The van der Waals surface area contributed by atoms with E-state index in [0.717, 1.165) is 15.1 Å². The second kappa shape index (κ2) is 7.73. The molecule has 0 bridgehead atoms. The Balaban J connectivity index is 1.82. The fourth-order valence-electron chi connectivity index (χ4n) is 4.30. The molecule has 0 aliphatic heterocycles. The van der Waals surface area contributed by atoms with Crippen molar-refractivity contribution in [3.63, 3.8) is 0 Å². The normalized spacial score (nSPS) is 22.0. The van der Waals surface area contributed by atoms with Crippen molar-refractivity contribution in [1.29, 1.82) is 0 Å². The van der Waals surface area contributed by atoms with Crippen LogP contribution in [-0.2, 0) is 15.4 Å². The van der Waals surface area contributed by atoms with Gasteiger partial charge in [0.05, 0.1) is 3.92 Å². The molecule has 32 heavy (non-hydrogen) atoms. The third-order valence-corrected chi connectivity index (χ3v) is 11.4. The molecule has 2 heterocycles. The highest BCUT2D eigenvalue weighted by Gasteiger charge is 2.50. The van der Waals surface area contributed by atoms with Gasteiger partial charge >= 0.3 is 0 Å². The molecule has 0 amide bonds. The van der Waals surface area contributed by atoms with Crippen molar-refractivity contribution in [2.45, 2.75) is 48.7 Å². The van der Waals surface area contributed by atoms with Crippen LogP contribution in [0.4, 0.5) is 0 Å². The van der Waals surface area contributed by atoms with E-state index in [1.807, 2.05) is 13.0 Å². The molecule has 2 unspecified atom stereocenters. The van der Waals surface area contributed by atoms with Gasteiger partial charge in [-0.25, -0.2) is 12.4 Å². The molecule has 0 radical (unpaired) electrons. The van der Waals surface area contributed by atoms with E-state index in [-0.39, 0.29) is 14.9 Å². The molecule has 3 aromatic rings. The van der Waals surface area contributed by atoms with Gasteiger partial charge < -0.3 is 4.98 Å². The van der Waals surface area contributed by atoms with Crippen LogP contribution in [0, 0.1) is 6.92 Å². The Morgan fingerprint density at radius 3 is 2.38 bits per heavy atom. The second-order valence-electron chi connectivity index (χ2n) is 9.18. The predicted octanol–water partition coefficient (Wildman–Crippen LogP) is 5.24. The van der Waals surface area contributed by atoms with Crippen molar-refractivity contribution in [3.8, 4) is 0 Å². The third-order valence-electron chi connectivity index (χ3n) is 6.87. The van der Waals surface area contributed by atoms with E-state index in [2.05, 4.69) is 78.7 Å². The van der Waals surface area contributed by atoms with Crippen molar-refractivity contribution in [2.24, 2.45) is 0 Å². The van der Waals surface area contributed by atoms with E-state index in [1.54, 1.807) is 19.1 Å². The SMILES string of the molecule is CC1=CC(C(C)(C)c2ccc(C)cc2)=CC(I)C1(C)S(=O)(=O)n1ccc2cc[nH]c(=O)c21. The molecule has 0 spiro atoms. The number of nitrogens with one attached hydrogen (secondary N) is 1. The van der Waals surface area contributed by atoms with Crippen LogP contribution in [0.3, 0.4) is 0 Å². The zero-order chi connectivity index (χ0) is 23.5. The van der Waals surface area contributed by atoms with Gasteiger partial charge in [0.1, 0.15) is 10.3 Å². The lowest BCUT2D eigenvalue weighted by molar-refractivity contribution is 0.547. The van der Waals surface area contributed by atoms with Crippen LogP contribution in [0.25, 0.3) is 10.9 Å². The van der Waals surface area contributed by atoms with Crippen LogP contribution in [0.1, 0.15) is 38.8 Å². The molecule has 5 nitrogen and oxygen atoms in total. The van der Waals surface area contributed by atoms with Gasteiger partial charge in [-0.3, -0.25) is 4.79 Å². The Morgan fingerprint density at radius 1 is 1.09 bits per heavy atom. The average molecular weight is 562 g/mol. The maximum atomic E-state index is 14.0. The van der Waals surface area contributed by atoms with Gasteiger partial charge in [-0.15, -0.1) is 0 Å². The van der Waals surface area contributed by atoms with Crippen LogP contribution in [0.2, 0.25) is 0 Å². The molecule has 1 aliphatic rings. The lowest BCUT2D eigenvalue weighted by Gasteiger charge is -2.40. The van der Waals surface area contributed by atoms with Crippen molar-refractivity contribution in [1.82, 2.24) is 8.96 Å². The first-order valence-electron chi connectivity index (χ1n) is 10.5. The highest BCUT2D eigenvalue weighted by Crippen LogP contribution is 2.45. The molecule has 0 saturated heterocycles. The summed E-state index contributed by atoms with van der Waals surface area (Å²) in [5.41, 5.74) is 3.68. The standard InChI is InChI=1S/C25H27IN2O3S/c1-16-6-8-19(9-7-16)24(3,4)20-14-17(2)25(5,21(26)15-20)32(30,31)28-13-11-18-10-12-27-23(29)22(18)28/h6-15,21H,1-5H3,(H,27,29). The molecule has 2 aromatic heterocycles. The molecule has 2 atom stereocenters. The second-order valence-corrected chi connectivity index (χ2v) is 12.7. The summed E-state index contributed by atoms with van der Waals surface area (Å²) in [6.45, 7) is 10.0. The molecule has 4 rings (SSSR count). The number of aromatic nitrogens is 2. The van der Waals surface area contributed by atoms with Crippen LogP contribution in [0.5, 0.6) is 0 Å². The Kier molecular flexibility index (Phi) is 5.56. The van der Waals surface area contributed by atoms with Crippen molar-refractivity contribution < 1.29 is 8.42 Å². The smallest absolute Gasteiger partial charge is 0.273 e. The van der Waals surface area contributed by atoms with Gasteiger partial charge in [-0.2, -0.15) is 0 Å². The lowest BCUT2D eigenvalue weighted by atomic mass is 9.73. The Bertz CT molecular complexity index is 1430. The van der Waals surface area contributed by atoms with Crippen LogP contribution in [-0.4, -0.2) is 26.0 Å². The van der Waals surface area contributed by atoms with Gasteiger partial charge in [0.15, 0.2) is 0 Å². The van der Waals surface area contributed by atoms with E-state index >= 15 is 0 Å². The van der Waals surface area contributed by atoms with E-state index in [9.17, 15) is 13.2 Å². The zero-order valence-electron chi connectivity index (χ0n) is 18.8. The van der Waals surface area contributed by atoms with E-state index < -0.39 is 20.3 Å². The first kappa shape index (κ1) is 23.0. The van der Waals surface area contributed by atoms with Gasteiger partial charge in [0.25, 0.3) is 5.56 Å². The minimum absolute atomic E-state index is 0.153. The number of nitrogens with zero attached hydrogens (tertiary/aromatic N) is 1. The van der Waals surface area contributed by atoms with Gasteiger partial charge in [-0.1, -0.05) is 78.4 Å². The summed E-state index contributed by atoms with van der Waals surface area (Å²) in [6, 6.07) is 11.8. The quantitative estimate of drug-likeness (QED) is 0.349. The summed E-state index contributed by atoms with van der Waals surface area (Å²) in [6.07, 6.45) is 7.06. The molecular formula is C25H27IN2O3S. The molecule has 7 heteroatoms. The van der Waals surface area contributed by atoms with E-state index in [1.165, 1.54) is 23.5 Å². The number of halogens is 1.